The van der Waals surface area contributed by atoms with Crippen LogP contribution in [0, 0.1) is 12.3 Å². The minimum atomic E-state index is -0.320. The van der Waals surface area contributed by atoms with E-state index in [9.17, 15) is 4.79 Å². The van der Waals surface area contributed by atoms with Crippen LogP contribution in [0.3, 0.4) is 0 Å². The van der Waals surface area contributed by atoms with Crippen LogP contribution in [0.25, 0.3) is 0 Å². The number of carbonyl (C=O) groups is 1. The summed E-state index contributed by atoms with van der Waals surface area (Å²) in [6.45, 7) is 7.30. The molecule has 1 saturated carbocycles. The van der Waals surface area contributed by atoms with Gasteiger partial charge in [0.05, 0.1) is 6.61 Å². The van der Waals surface area contributed by atoms with Gasteiger partial charge in [-0.2, -0.15) is 0 Å². The molecule has 0 aromatic carbocycles. The zero-order chi connectivity index (χ0) is 13.9. The average Bonchev–Trinajstić information content (AvgIpc) is 3.03. The van der Waals surface area contributed by atoms with Gasteiger partial charge in [-0.15, -0.1) is 11.3 Å². The highest BCUT2D eigenvalue weighted by Gasteiger charge is 2.41. The molecule has 0 radical (unpaired) electrons. The van der Waals surface area contributed by atoms with E-state index >= 15 is 0 Å². The summed E-state index contributed by atoms with van der Waals surface area (Å²) in [5.74, 6) is -0.320. The van der Waals surface area contributed by atoms with Crippen molar-refractivity contribution in [3.05, 3.63) is 10.6 Å². The molecule has 1 heterocycles. The molecule has 1 aromatic heterocycles. The highest BCUT2D eigenvalue weighted by Crippen LogP contribution is 2.49. The Bertz CT molecular complexity index is 452. The van der Waals surface area contributed by atoms with Gasteiger partial charge in [0.2, 0.25) is 0 Å². The van der Waals surface area contributed by atoms with Crippen LogP contribution in [0.1, 0.15) is 54.9 Å². The summed E-state index contributed by atoms with van der Waals surface area (Å²) >= 11 is 1.53. The van der Waals surface area contributed by atoms with Gasteiger partial charge in [-0.3, -0.25) is 0 Å². The molecule has 0 spiro atoms. The molecule has 0 bridgehead atoms. The van der Waals surface area contributed by atoms with Crippen LogP contribution in [0.5, 0.6) is 0 Å². The van der Waals surface area contributed by atoms with Gasteiger partial charge in [-0.1, -0.05) is 13.3 Å². The summed E-state index contributed by atoms with van der Waals surface area (Å²) in [5.41, 5.74) is 0.938. The average molecular weight is 282 g/mol. The number of thiazole rings is 1. The number of anilines is 1. The third-order valence-corrected chi connectivity index (χ3v) is 4.55. The lowest BCUT2D eigenvalue weighted by Crippen LogP contribution is -2.15. The van der Waals surface area contributed by atoms with Crippen molar-refractivity contribution in [3.63, 3.8) is 0 Å². The van der Waals surface area contributed by atoms with Gasteiger partial charge in [0.1, 0.15) is 0 Å². The Morgan fingerprint density at radius 1 is 1.47 bits per heavy atom. The van der Waals surface area contributed by atoms with Crippen LogP contribution in [-0.4, -0.2) is 24.1 Å². The molecule has 1 aromatic rings. The van der Waals surface area contributed by atoms with Crippen LogP contribution in [0.15, 0.2) is 0 Å². The fourth-order valence-corrected chi connectivity index (χ4v) is 3.14. The fraction of sp³-hybridized carbons (Fsp3) is 0.714. The molecule has 0 amide bonds. The number of ether oxygens (including phenoxy) is 1. The molecule has 5 heteroatoms. The maximum absolute atomic E-state index is 11.7. The Labute approximate surface area is 118 Å². The van der Waals surface area contributed by atoms with Crippen molar-refractivity contribution in [2.24, 2.45) is 5.41 Å². The van der Waals surface area contributed by atoms with Crippen molar-refractivity contribution in [3.8, 4) is 0 Å². The third kappa shape index (κ3) is 3.47. The normalized spacial score (nSPS) is 16.2. The van der Waals surface area contributed by atoms with Gasteiger partial charge >= 0.3 is 5.97 Å². The first-order chi connectivity index (χ1) is 9.10. The highest BCUT2D eigenvalue weighted by atomic mass is 32.1. The van der Waals surface area contributed by atoms with Crippen molar-refractivity contribution in [2.45, 2.75) is 46.5 Å². The second kappa shape index (κ2) is 5.90. The SMILES string of the molecule is CCCC1(CNc2nc(C(=O)OCC)c(C)s2)CC1. The van der Waals surface area contributed by atoms with Gasteiger partial charge in [0.25, 0.3) is 0 Å². The molecule has 1 aliphatic carbocycles. The van der Waals surface area contributed by atoms with E-state index in [1.807, 2.05) is 6.92 Å². The standard InChI is InChI=1S/C14H22N2O2S/c1-4-6-14(7-8-14)9-15-13-16-11(10(3)19-13)12(17)18-5-2/h4-9H2,1-3H3,(H,15,16). The second-order valence-electron chi connectivity index (χ2n) is 5.25. The van der Waals surface area contributed by atoms with Gasteiger partial charge in [0, 0.05) is 11.4 Å². The molecule has 2 rings (SSSR count). The van der Waals surface area contributed by atoms with Crippen molar-refractivity contribution >= 4 is 22.4 Å². The van der Waals surface area contributed by atoms with Crippen LogP contribution < -0.4 is 5.32 Å². The monoisotopic (exact) mass is 282 g/mol. The number of hydrogen-bond acceptors (Lipinski definition) is 5. The molecule has 0 unspecified atom stereocenters. The minimum absolute atomic E-state index is 0.320. The van der Waals surface area contributed by atoms with Gasteiger partial charge in [-0.05, 0) is 38.5 Å². The number of carbonyl (C=O) groups excluding carboxylic acids is 1. The molecular formula is C14H22N2O2S. The van der Waals surface area contributed by atoms with Crippen molar-refractivity contribution in [1.82, 2.24) is 4.98 Å². The Morgan fingerprint density at radius 3 is 2.79 bits per heavy atom. The maximum atomic E-state index is 11.7. The third-order valence-electron chi connectivity index (χ3n) is 3.62. The number of aromatic nitrogens is 1. The van der Waals surface area contributed by atoms with E-state index < -0.39 is 0 Å². The Balaban J connectivity index is 1.95. The summed E-state index contributed by atoms with van der Waals surface area (Å²) in [5, 5.41) is 4.23. The molecule has 106 valence electrons. The van der Waals surface area contributed by atoms with Gasteiger partial charge in [0.15, 0.2) is 10.8 Å². The molecular weight excluding hydrogens is 260 g/mol. The van der Waals surface area contributed by atoms with E-state index in [2.05, 4.69) is 17.2 Å². The first kappa shape index (κ1) is 14.3. The molecule has 0 saturated heterocycles. The molecule has 4 nitrogen and oxygen atoms in total. The van der Waals surface area contributed by atoms with Crippen molar-refractivity contribution < 1.29 is 9.53 Å². The Kier molecular flexibility index (Phi) is 4.45. The van der Waals surface area contributed by atoms with Crippen LogP contribution in [0.4, 0.5) is 5.13 Å². The predicted molar refractivity (Wildman–Crippen MR) is 77.9 cm³/mol. The zero-order valence-corrected chi connectivity index (χ0v) is 12.7. The lowest BCUT2D eigenvalue weighted by Gasteiger charge is -2.13. The number of esters is 1. The Hall–Kier alpha value is -1.10. The predicted octanol–water partition coefficient (Wildman–Crippen LogP) is 3.62. The van der Waals surface area contributed by atoms with Crippen LogP contribution in [0.2, 0.25) is 0 Å². The number of nitrogens with one attached hydrogen (secondary N) is 1. The first-order valence-corrected chi connectivity index (χ1v) is 7.80. The smallest absolute Gasteiger partial charge is 0.358 e. The van der Waals surface area contributed by atoms with Crippen LogP contribution >= 0.6 is 11.3 Å². The molecule has 1 fully saturated rings. The fourth-order valence-electron chi connectivity index (χ4n) is 2.35. The minimum Gasteiger partial charge on any atom is -0.461 e. The van der Waals surface area contributed by atoms with E-state index in [0.717, 1.165) is 16.6 Å². The first-order valence-electron chi connectivity index (χ1n) is 6.98. The Morgan fingerprint density at radius 2 is 2.21 bits per heavy atom. The molecule has 0 atom stereocenters. The molecule has 0 aliphatic heterocycles. The lowest BCUT2D eigenvalue weighted by molar-refractivity contribution is 0.0519. The quantitative estimate of drug-likeness (QED) is 0.776. The summed E-state index contributed by atoms with van der Waals surface area (Å²) < 4.78 is 5.00. The number of rotatable bonds is 7. The molecule has 19 heavy (non-hydrogen) atoms. The van der Waals surface area contributed by atoms with Gasteiger partial charge in [-0.25, -0.2) is 9.78 Å². The van der Waals surface area contributed by atoms with E-state index in [0.29, 0.717) is 17.7 Å². The van der Waals surface area contributed by atoms with E-state index in [1.54, 1.807) is 6.92 Å². The lowest BCUT2D eigenvalue weighted by atomic mass is 10.0. The van der Waals surface area contributed by atoms with Crippen molar-refractivity contribution in [2.75, 3.05) is 18.5 Å². The summed E-state index contributed by atoms with van der Waals surface area (Å²) in [6.07, 6.45) is 5.12. The molecule has 1 aliphatic rings. The van der Waals surface area contributed by atoms with Crippen LogP contribution in [-0.2, 0) is 4.74 Å². The molecule has 1 N–H and O–H groups in total. The number of nitrogens with zero attached hydrogens (tertiary/aromatic N) is 1. The number of aryl methyl sites for hydroxylation is 1. The summed E-state index contributed by atoms with van der Waals surface area (Å²) in [4.78, 5) is 17.0. The topological polar surface area (TPSA) is 51.2 Å². The van der Waals surface area contributed by atoms with Gasteiger partial charge < -0.3 is 10.1 Å². The summed E-state index contributed by atoms with van der Waals surface area (Å²) in [6, 6.07) is 0. The maximum Gasteiger partial charge on any atom is 0.358 e. The number of hydrogen-bond donors (Lipinski definition) is 1. The van der Waals surface area contributed by atoms with E-state index in [1.165, 1.54) is 37.0 Å². The largest absolute Gasteiger partial charge is 0.461 e. The van der Waals surface area contributed by atoms with E-state index in [4.69, 9.17) is 4.74 Å². The summed E-state index contributed by atoms with van der Waals surface area (Å²) in [7, 11) is 0. The van der Waals surface area contributed by atoms with Crippen molar-refractivity contribution in [1.29, 1.82) is 0 Å². The van der Waals surface area contributed by atoms with E-state index in [-0.39, 0.29) is 5.97 Å². The second-order valence-corrected chi connectivity index (χ2v) is 6.45. The zero-order valence-electron chi connectivity index (χ0n) is 11.9. The highest BCUT2D eigenvalue weighted by molar-refractivity contribution is 7.15.